The van der Waals surface area contributed by atoms with Gasteiger partial charge in [-0.1, -0.05) is 43.6 Å². The normalized spacial score (nSPS) is 23.8. The number of hydrogen-bond donors (Lipinski definition) is 0. The van der Waals surface area contributed by atoms with Crippen molar-refractivity contribution < 1.29 is 9.59 Å². The lowest BCUT2D eigenvalue weighted by Gasteiger charge is -2.44. The number of ketones is 1. The van der Waals surface area contributed by atoms with Gasteiger partial charge in [-0.05, 0) is 23.5 Å². The van der Waals surface area contributed by atoms with Gasteiger partial charge in [0, 0.05) is 49.1 Å². The molecule has 0 radical (unpaired) electrons. The van der Waals surface area contributed by atoms with E-state index in [1.165, 1.54) is 0 Å². The number of Topliss-reactive ketones (excluding diaryl/α,β-unsaturated/α-hetero) is 1. The molecule has 0 N–H and O–H groups in total. The Morgan fingerprint density at radius 3 is 2.46 bits per heavy atom. The maximum atomic E-state index is 13.0. The van der Waals surface area contributed by atoms with E-state index in [0.29, 0.717) is 17.9 Å². The van der Waals surface area contributed by atoms with Gasteiger partial charge >= 0.3 is 0 Å². The Bertz CT molecular complexity index is 737. The standard InChI is InChI=1S/C19H23ClN2O2/c1-19(2)10-15-18(16(23)11-19)13(9-17(24)22(15)21(3)4)12-7-5-6-8-14(12)20/h5-8,13H,9-11H2,1-4H3. The van der Waals surface area contributed by atoms with Crippen LogP contribution in [0.1, 0.15) is 44.6 Å². The lowest BCUT2D eigenvalue weighted by Crippen LogP contribution is -2.49. The van der Waals surface area contributed by atoms with Crippen LogP contribution in [0, 0.1) is 5.41 Å². The molecule has 1 amide bonds. The number of carbonyl (C=O) groups is 2. The van der Waals surface area contributed by atoms with Gasteiger partial charge in [0.25, 0.3) is 0 Å². The Kier molecular flexibility index (Phi) is 4.30. The van der Waals surface area contributed by atoms with E-state index < -0.39 is 0 Å². The molecule has 1 aliphatic carbocycles. The molecule has 0 saturated heterocycles. The summed E-state index contributed by atoms with van der Waals surface area (Å²) in [7, 11) is 3.68. The van der Waals surface area contributed by atoms with Crippen molar-refractivity contribution in [2.45, 2.75) is 39.0 Å². The molecule has 5 heteroatoms. The first kappa shape index (κ1) is 17.2. The van der Waals surface area contributed by atoms with Crippen molar-refractivity contribution in [2.75, 3.05) is 14.1 Å². The lowest BCUT2D eigenvalue weighted by atomic mass is 9.69. The number of rotatable bonds is 2. The van der Waals surface area contributed by atoms with Crippen LogP contribution >= 0.6 is 11.6 Å². The lowest BCUT2D eigenvalue weighted by molar-refractivity contribution is -0.143. The molecule has 24 heavy (non-hydrogen) atoms. The summed E-state index contributed by atoms with van der Waals surface area (Å²) in [5, 5.41) is 4.05. The molecule has 3 rings (SSSR count). The fourth-order valence-electron chi connectivity index (χ4n) is 3.89. The minimum absolute atomic E-state index is 0.00849. The van der Waals surface area contributed by atoms with Crippen molar-refractivity contribution in [1.29, 1.82) is 0 Å². The summed E-state index contributed by atoms with van der Waals surface area (Å²) in [5.41, 5.74) is 2.32. The summed E-state index contributed by atoms with van der Waals surface area (Å²) in [6, 6.07) is 7.51. The first-order chi connectivity index (χ1) is 11.2. The molecule has 1 unspecified atom stereocenters. The zero-order valence-corrected chi connectivity index (χ0v) is 15.4. The topological polar surface area (TPSA) is 40.6 Å². The van der Waals surface area contributed by atoms with E-state index in [9.17, 15) is 9.59 Å². The number of allylic oxidation sites excluding steroid dienone is 2. The zero-order chi connectivity index (χ0) is 17.6. The number of hydrogen-bond acceptors (Lipinski definition) is 3. The van der Waals surface area contributed by atoms with Crippen molar-refractivity contribution in [3.8, 4) is 0 Å². The largest absolute Gasteiger partial charge is 0.294 e. The highest BCUT2D eigenvalue weighted by molar-refractivity contribution is 6.31. The molecule has 1 atom stereocenters. The average molecular weight is 347 g/mol. The molecule has 4 nitrogen and oxygen atoms in total. The van der Waals surface area contributed by atoms with Crippen molar-refractivity contribution in [2.24, 2.45) is 5.41 Å². The third kappa shape index (κ3) is 2.89. The molecule has 0 saturated carbocycles. The molecule has 1 aromatic carbocycles. The number of carbonyl (C=O) groups excluding carboxylic acids is 2. The Balaban J connectivity index is 2.19. The zero-order valence-electron chi connectivity index (χ0n) is 14.6. The summed E-state index contributed by atoms with van der Waals surface area (Å²) in [4.78, 5) is 25.8. The van der Waals surface area contributed by atoms with Crippen LogP contribution in [-0.4, -0.2) is 35.8 Å². The quantitative estimate of drug-likeness (QED) is 0.818. The van der Waals surface area contributed by atoms with Gasteiger partial charge in [0.1, 0.15) is 0 Å². The molecular formula is C19H23ClN2O2. The van der Waals surface area contributed by atoms with Gasteiger partial charge in [-0.25, -0.2) is 10.0 Å². The second-order valence-electron chi connectivity index (χ2n) is 7.63. The number of hydrazine groups is 1. The summed E-state index contributed by atoms with van der Waals surface area (Å²) in [6.07, 6.45) is 1.48. The Hall–Kier alpha value is -1.65. The number of benzene rings is 1. The van der Waals surface area contributed by atoms with Crippen LogP contribution in [0.25, 0.3) is 0 Å². The highest BCUT2D eigenvalue weighted by Gasteiger charge is 2.44. The molecule has 128 valence electrons. The summed E-state index contributed by atoms with van der Waals surface area (Å²) in [6.45, 7) is 4.15. The SMILES string of the molecule is CN(C)N1C(=O)CC(c2ccccc2Cl)C2=C1CC(C)(C)CC2=O. The number of halogens is 1. The van der Waals surface area contributed by atoms with Crippen LogP contribution in [0.4, 0.5) is 0 Å². The van der Waals surface area contributed by atoms with E-state index in [-0.39, 0.29) is 29.4 Å². The van der Waals surface area contributed by atoms with Crippen LogP contribution < -0.4 is 0 Å². The molecule has 2 aliphatic rings. The van der Waals surface area contributed by atoms with E-state index in [2.05, 4.69) is 13.8 Å². The second kappa shape index (κ2) is 6.01. The van der Waals surface area contributed by atoms with Gasteiger partial charge in [0.2, 0.25) is 5.91 Å². The van der Waals surface area contributed by atoms with Gasteiger partial charge in [-0.15, -0.1) is 0 Å². The molecular weight excluding hydrogens is 324 g/mol. The maximum Gasteiger partial charge on any atom is 0.242 e. The van der Waals surface area contributed by atoms with Crippen molar-refractivity contribution in [1.82, 2.24) is 10.0 Å². The van der Waals surface area contributed by atoms with Crippen LogP contribution in [0.5, 0.6) is 0 Å². The monoisotopic (exact) mass is 346 g/mol. The van der Waals surface area contributed by atoms with Gasteiger partial charge in [0.05, 0.1) is 0 Å². The molecule has 1 heterocycles. The van der Waals surface area contributed by atoms with Crippen molar-refractivity contribution in [3.05, 3.63) is 46.1 Å². The highest BCUT2D eigenvalue weighted by atomic mass is 35.5. The van der Waals surface area contributed by atoms with E-state index in [1.807, 2.05) is 38.4 Å². The van der Waals surface area contributed by atoms with E-state index in [1.54, 1.807) is 10.0 Å². The predicted molar refractivity (Wildman–Crippen MR) is 94.4 cm³/mol. The summed E-state index contributed by atoms with van der Waals surface area (Å²) >= 11 is 6.37. The van der Waals surface area contributed by atoms with Crippen LogP contribution in [0.15, 0.2) is 35.5 Å². The molecule has 0 bridgehead atoms. The van der Waals surface area contributed by atoms with Crippen molar-refractivity contribution >= 4 is 23.3 Å². The van der Waals surface area contributed by atoms with E-state index in [4.69, 9.17) is 11.6 Å². The smallest absolute Gasteiger partial charge is 0.242 e. The molecule has 1 aliphatic heterocycles. The Morgan fingerprint density at radius 1 is 1.17 bits per heavy atom. The van der Waals surface area contributed by atoms with Gasteiger partial charge in [-0.2, -0.15) is 0 Å². The van der Waals surface area contributed by atoms with Gasteiger partial charge in [-0.3, -0.25) is 9.59 Å². The molecule has 0 spiro atoms. The first-order valence-corrected chi connectivity index (χ1v) is 8.60. The highest BCUT2D eigenvalue weighted by Crippen LogP contribution is 2.48. The molecule has 1 aromatic rings. The fraction of sp³-hybridized carbons (Fsp3) is 0.474. The summed E-state index contributed by atoms with van der Waals surface area (Å²) in [5.74, 6) is -0.110. The van der Waals surface area contributed by atoms with E-state index in [0.717, 1.165) is 16.8 Å². The van der Waals surface area contributed by atoms with Crippen LogP contribution in [0.2, 0.25) is 5.02 Å². The maximum absolute atomic E-state index is 13.0. The number of nitrogens with zero attached hydrogens (tertiary/aromatic N) is 2. The second-order valence-corrected chi connectivity index (χ2v) is 8.04. The summed E-state index contributed by atoms with van der Waals surface area (Å²) < 4.78 is 0. The van der Waals surface area contributed by atoms with Gasteiger partial charge in [0.15, 0.2) is 5.78 Å². The Morgan fingerprint density at radius 2 is 1.83 bits per heavy atom. The van der Waals surface area contributed by atoms with Crippen molar-refractivity contribution in [3.63, 3.8) is 0 Å². The predicted octanol–water partition coefficient (Wildman–Crippen LogP) is 3.78. The minimum atomic E-state index is -0.249. The number of amides is 1. The average Bonchev–Trinajstić information content (AvgIpc) is 2.44. The molecule has 0 aromatic heterocycles. The first-order valence-electron chi connectivity index (χ1n) is 8.22. The fourth-order valence-corrected chi connectivity index (χ4v) is 4.16. The third-order valence-corrected chi connectivity index (χ3v) is 5.14. The van der Waals surface area contributed by atoms with Gasteiger partial charge < -0.3 is 0 Å². The van der Waals surface area contributed by atoms with E-state index >= 15 is 0 Å². The van der Waals surface area contributed by atoms with Crippen LogP contribution in [-0.2, 0) is 9.59 Å². The Labute approximate surface area is 148 Å². The third-order valence-electron chi connectivity index (χ3n) is 4.80. The molecule has 0 fully saturated rings. The van der Waals surface area contributed by atoms with Crippen LogP contribution in [0.3, 0.4) is 0 Å². The minimum Gasteiger partial charge on any atom is -0.294 e.